The quantitative estimate of drug-likeness (QED) is 0.826. The summed E-state index contributed by atoms with van der Waals surface area (Å²) < 4.78 is 10.8. The highest BCUT2D eigenvalue weighted by Crippen LogP contribution is 2.24. The molecule has 2 rings (SSSR count). The van der Waals surface area contributed by atoms with Crippen LogP contribution in [0.5, 0.6) is 5.75 Å². The SMILES string of the molecule is CCOC(=O)N1CCN(C(=O)[C@H](C)Oc2ccc(C(C)(C)C)cc2)CC1. The van der Waals surface area contributed by atoms with Crippen molar-refractivity contribution in [1.82, 2.24) is 9.80 Å². The molecule has 1 heterocycles. The van der Waals surface area contributed by atoms with Gasteiger partial charge in [-0.2, -0.15) is 0 Å². The molecule has 1 aliphatic heterocycles. The highest BCUT2D eigenvalue weighted by atomic mass is 16.6. The second-order valence-electron chi connectivity index (χ2n) is 7.55. The van der Waals surface area contributed by atoms with E-state index in [0.29, 0.717) is 38.5 Å². The van der Waals surface area contributed by atoms with Gasteiger partial charge in [0.05, 0.1) is 6.61 Å². The summed E-state index contributed by atoms with van der Waals surface area (Å²) in [5.41, 5.74) is 1.30. The molecule has 2 amide bonds. The van der Waals surface area contributed by atoms with Gasteiger partial charge in [-0.05, 0) is 37.0 Å². The number of hydrogen-bond acceptors (Lipinski definition) is 4. The van der Waals surface area contributed by atoms with Crippen LogP contribution in [0, 0.1) is 0 Å². The van der Waals surface area contributed by atoms with E-state index >= 15 is 0 Å². The van der Waals surface area contributed by atoms with E-state index in [1.54, 1.807) is 23.6 Å². The van der Waals surface area contributed by atoms with Crippen molar-refractivity contribution in [3.05, 3.63) is 29.8 Å². The zero-order valence-electron chi connectivity index (χ0n) is 16.4. The Labute approximate surface area is 156 Å². The Kier molecular flexibility index (Phi) is 6.51. The van der Waals surface area contributed by atoms with Gasteiger partial charge >= 0.3 is 6.09 Å². The number of hydrogen-bond donors (Lipinski definition) is 0. The summed E-state index contributed by atoms with van der Waals surface area (Å²) in [6.07, 6.45) is -0.882. The summed E-state index contributed by atoms with van der Waals surface area (Å²) in [6, 6.07) is 7.88. The molecule has 1 fully saturated rings. The minimum absolute atomic E-state index is 0.0617. The smallest absolute Gasteiger partial charge is 0.409 e. The highest BCUT2D eigenvalue weighted by molar-refractivity contribution is 5.81. The summed E-state index contributed by atoms with van der Waals surface area (Å²) in [6.45, 7) is 12.3. The average Bonchev–Trinajstić information content (AvgIpc) is 2.61. The second kappa shape index (κ2) is 8.43. The van der Waals surface area contributed by atoms with Crippen LogP contribution in [0.3, 0.4) is 0 Å². The van der Waals surface area contributed by atoms with Gasteiger partial charge in [0.2, 0.25) is 0 Å². The lowest BCUT2D eigenvalue weighted by Gasteiger charge is -2.35. The molecule has 6 nitrogen and oxygen atoms in total. The lowest BCUT2D eigenvalue weighted by molar-refractivity contribution is -0.139. The molecule has 0 spiro atoms. The number of carbonyl (C=O) groups is 2. The van der Waals surface area contributed by atoms with Crippen LogP contribution in [0.2, 0.25) is 0 Å². The van der Waals surface area contributed by atoms with Crippen LogP contribution < -0.4 is 4.74 Å². The van der Waals surface area contributed by atoms with E-state index in [9.17, 15) is 9.59 Å². The molecule has 1 aromatic carbocycles. The van der Waals surface area contributed by atoms with Crippen molar-refractivity contribution in [2.45, 2.75) is 46.1 Å². The zero-order valence-corrected chi connectivity index (χ0v) is 16.4. The standard InChI is InChI=1S/C20H30N2O4/c1-6-25-19(24)22-13-11-21(12-14-22)18(23)15(2)26-17-9-7-16(8-10-17)20(3,4)5/h7-10,15H,6,11-14H2,1-5H3/t15-/m0/s1. The Morgan fingerprint density at radius 3 is 2.08 bits per heavy atom. The summed E-state index contributed by atoms with van der Waals surface area (Å²) in [7, 11) is 0. The van der Waals surface area contributed by atoms with E-state index in [4.69, 9.17) is 9.47 Å². The Bertz CT molecular complexity index is 614. The number of piperazine rings is 1. The molecule has 1 saturated heterocycles. The number of benzene rings is 1. The fourth-order valence-corrected chi connectivity index (χ4v) is 2.87. The van der Waals surface area contributed by atoms with Crippen molar-refractivity contribution >= 4 is 12.0 Å². The molecule has 0 bridgehead atoms. The van der Waals surface area contributed by atoms with Crippen LogP contribution in [0.15, 0.2) is 24.3 Å². The van der Waals surface area contributed by atoms with Gasteiger partial charge < -0.3 is 19.3 Å². The lowest BCUT2D eigenvalue weighted by Crippen LogP contribution is -2.53. The molecular weight excluding hydrogens is 332 g/mol. The van der Waals surface area contributed by atoms with E-state index in [0.717, 1.165) is 0 Å². The van der Waals surface area contributed by atoms with Gasteiger partial charge in [0.15, 0.2) is 6.10 Å². The van der Waals surface area contributed by atoms with Gasteiger partial charge in [-0.25, -0.2) is 4.79 Å². The largest absolute Gasteiger partial charge is 0.481 e. The van der Waals surface area contributed by atoms with Gasteiger partial charge in [-0.1, -0.05) is 32.9 Å². The summed E-state index contributed by atoms with van der Waals surface area (Å²) in [4.78, 5) is 27.7. The third-order valence-corrected chi connectivity index (χ3v) is 4.50. The fraction of sp³-hybridized carbons (Fsp3) is 0.600. The molecule has 0 aliphatic carbocycles. The molecule has 0 unspecified atom stereocenters. The molecule has 1 aliphatic rings. The van der Waals surface area contributed by atoms with Crippen molar-refractivity contribution < 1.29 is 19.1 Å². The van der Waals surface area contributed by atoms with Gasteiger partial charge in [0.25, 0.3) is 5.91 Å². The van der Waals surface area contributed by atoms with E-state index < -0.39 is 6.10 Å². The van der Waals surface area contributed by atoms with E-state index in [2.05, 4.69) is 20.8 Å². The van der Waals surface area contributed by atoms with Crippen LogP contribution in [0.1, 0.15) is 40.2 Å². The van der Waals surface area contributed by atoms with Crippen molar-refractivity contribution in [3.8, 4) is 5.75 Å². The Hall–Kier alpha value is -2.24. The molecule has 144 valence electrons. The molecule has 0 saturated carbocycles. The maximum atomic E-state index is 12.6. The summed E-state index contributed by atoms with van der Waals surface area (Å²) in [5, 5.41) is 0. The second-order valence-corrected chi connectivity index (χ2v) is 7.55. The van der Waals surface area contributed by atoms with Crippen LogP contribution in [-0.4, -0.2) is 60.7 Å². The third-order valence-electron chi connectivity index (χ3n) is 4.50. The monoisotopic (exact) mass is 362 g/mol. The number of ether oxygens (including phenoxy) is 2. The van der Waals surface area contributed by atoms with Crippen molar-refractivity contribution in [2.24, 2.45) is 0 Å². The molecule has 6 heteroatoms. The summed E-state index contributed by atoms with van der Waals surface area (Å²) >= 11 is 0. The van der Waals surface area contributed by atoms with E-state index in [-0.39, 0.29) is 17.4 Å². The first-order valence-corrected chi connectivity index (χ1v) is 9.20. The van der Waals surface area contributed by atoms with Crippen LogP contribution in [0.4, 0.5) is 4.79 Å². The first kappa shape index (κ1) is 20.1. The average molecular weight is 362 g/mol. The number of amides is 2. The van der Waals surface area contributed by atoms with Gasteiger partial charge in [0, 0.05) is 26.2 Å². The van der Waals surface area contributed by atoms with Crippen molar-refractivity contribution in [2.75, 3.05) is 32.8 Å². The molecule has 1 aromatic rings. The maximum Gasteiger partial charge on any atom is 0.409 e. The molecular formula is C20H30N2O4. The molecule has 1 atom stereocenters. The first-order valence-electron chi connectivity index (χ1n) is 9.20. The Morgan fingerprint density at radius 1 is 1.04 bits per heavy atom. The fourth-order valence-electron chi connectivity index (χ4n) is 2.87. The van der Waals surface area contributed by atoms with Crippen LogP contribution in [0.25, 0.3) is 0 Å². The van der Waals surface area contributed by atoms with Gasteiger partial charge in [-0.15, -0.1) is 0 Å². The molecule has 0 radical (unpaired) electrons. The number of carbonyl (C=O) groups excluding carboxylic acids is 2. The minimum atomic E-state index is -0.565. The van der Waals surface area contributed by atoms with Crippen LogP contribution >= 0.6 is 0 Å². The number of rotatable bonds is 4. The molecule has 26 heavy (non-hydrogen) atoms. The highest BCUT2D eigenvalue weighted by Gasteiger charge is 2.28. The van der Waals surface area contributed by atoms with Gasteiger partial charge in [-0.3, -0.25) is 4.79 Å². The Balaban J connectivity index is 1.87. The predicted octanol–water partition coefficient (Wildman–Crippen LogP) is 3.05. The van der Waals surface area contributed by atoms with Crippen molar-refractivity contribution in [3.63, 3.8) is 0 Å². The van der Waals surface area contributed by atoms with E-state index in [1.165, 1.54) is 5.56 Å². The summed E-state index contributed by atoms with van der Waals surface area (Å²) in [5.74, 6) is 0.623. The topological polar surface area (TPSA) is 59.1 Å². The molecule has 0 N–H and O–H groups in total. The predicted molar refractivity (Wildman–Crippen MR) is 100 cm³/mol. The molecule has 0 aromatic heterocycles. The lowest BCUT2D eigenvalue weighted by atomic mass is 9.87. The normalized spacial score (nSPS) is 16.2. The Morgan fingerprint density at radius 2 is 1.58 bits per heavy atom. The minimum Gasteiger partial charge on any atom is -0.481 e. The van der Waals surface area contributed by atoms with Gasteiger partial charge in [0.1, 0.15) is 5.75 Å². The van der Waals surface area contributed by atoms with E-state index in [1.807, 2.05) is 24.3 Å². The third kappa shape index (κ3) is 5.13. The van der Waals surface area contributed by atoms with Crippen LogP contribution in [-0.2, 0) is 14.9 Å². The number of nitrogens with zero attached hydrogens (tertiary/aromatic N) is 2. The maximum absolute atomic E-state index is 12.6. The first-order chi connectivity index (χ1) is 12.2. The van der Waals surface area contributed by atoms with Crippen molar-refractivity contribution in [1.29, 1.82) is 0 Å². The zero-order chi connectivity index (χ0) is 19.3.